The van der Waals surface area contributed by atoms with E-state index in [0.29, 0.717) is 0 Å². The molecule has 82 valence electrons. The first-order valence-corrected chi connectivity index (χ1v) is 6.81. The van der Waals surface area contributed by atoms with Gasteiger partial charge in [0.1, 0.15) is 0 Å². The second-order valence-electron chi connectivity index (χ2n) is 4.89. The molecule has 2 nitrogen and oxygen atoms in total. The standard InChI is InChI=1S/C12H18N2S/c1-8-12(10-2-3-10)14-11(15-8)6-9-4-5-13-7-9/h9-10,13H,2-7H2,1H3. The minimum absolute atomic E-state index is 0.816. The van der Waals surface area contributed by atoms with Crippen LogP contribution in [0.1, 0.15) is 40.8 Å². The van der Waals surface area contributed by atoms with Crippen molar-refractivity contribution in [2.24, 2.45) is 5.92 Å². The largest absolute Gasteiger partial charge is 0.316 e. The molecule has 1 atom stereocenters. The molecule has 1 aliphatic heterocycles. The summed E-state index contributed by atoms with van der Waals surface area (Å²) in [5.74, 6) is 1.65. The smallest absolute Gasteiger partial charge is 0.0934 e. The molecule has 1 aromatic heterocycles. The van der Waals surface area contributed by atoms with Gasteiger partial charge >= 0.3 is 0 Å². The predicted octanol–water partition coefficient (Wildman–Crippen LogP) is 2.48. The number of nitrogens with zero attached hydrogens (tertiary/aromatic N) is 1. The van der Waals surface area contributed by atoms with Gasteiger partial charge < -0.3 is 5.32 Å². The molecule has 2 fully saturated rings. The summed E-state index contributed by atoms with van der Waals surface area (Å²) in [6, 6.07) is 0. The van der Waals surface area contributed by atoms with Crippen LogP contribution in [0.3, 0.4) is 0 Å². The van der Waals surface area contributed by atoms with E-state index in [4.69, 9.17) is 4.98 Å². The second kappa shape index (κ2) is 3.87. The lowest BCUT2D eigenvalue weighted by molar-refractivity contribution is 0.577. The number of nitrogens with one attached hydrogen (secondary N) is 1. The Balaban J connectivity index is 1.71. The van der Waals surface area contributed by atoms with Crippen molar-refractivity contribution in [3.63, 3.8) is 0 Å². The molecule has 1 saturated carbocycles. The monoisotopic (exact) mass is 222 g/mol. The van der Waals surface area contributed by atoms with E-state index in [-0.39, 0.29) is 0 Å². The first kappa shape index (κ1) is 9.79. The molecule has 15 heavy (non-hydrogen) atoms. The summed E-state index contributed by atoms with van der Waals surface area (Å²) in [4.78, 5) is 6.30. The van der Waals surface area contributed by atoms with Crippen LogP contribution in [0.25, 0.3) is 0 Å². The number of hydrogen-bond acceptors (Lipinski definition) is 3. The van der Waals surface area contributed by atoms with Crippen LogP contribution in [0, 0.1) is 12.8 Å². The molecule has 1 N–H and O–H groups in total. The maximum Gasteiger partial charge on any atom is 0.0934 e. The van der Waals surface area contributed by atoms with Crippen LogP contribution in [0.5, 0.6) is 0 Å². The number of aromatic nitrogens is 1. The van der Waals surface area contributed by atoms with Crippen molar-refractivity contribution in [3.8, 4) is 0 Å². The Hall–Kier alpha value is -0.410. The minimum Gasteiger partial charge on any atom is -0.316 e. The van der Waals surface area contributed by atoms with Crippen LogP contribution in [-0.2, 0) is 6.42 Å². The lowest BCUT2D eigenvalue weighted by Crippen LogP contribution is -2.10. The maximum absolute atomic E-state index is 4.83. The van der Waals surface area contributed by atoms with Gasteiger partial charge in [0.05, 0.1) is 10.7 Å². The van der Waals surface area contributed by atoms with Crippen molar-refractivity contribution in [3.05, 3.63) is 15.6 Å². The van der Waals surface area contributed by atoms with Crippen molar-refractivity contribution in [1.82, 2.24) is 10.3 Å². The van der Waals surface area contributed by atoms with Gasteiger partial charge in [0.15, 0.2) is 0 Å². The van der Waals surface area contributed by atoms with Crippen LogP contribution in [0.15, 0.2) is 0 Å². The first-order valence-electron chi connectivity index (χ1n) is 6.00. The third-order valence-corrected chi connectivity index (χ3v) is 4.48. The van der Waals surface area contributed by atoms with Crippen molar-refractivity contribution in [2.75, 3.05) is 13.1 Å². The fourth-order valence-corrected chi connectivity index (χ4v) is 3.56. The molecule has 1 saturated heterocycles. The van der Waals surface area contributed by atoms with E-state index in [1.165, 1.54) is 54.4 Å². The molecular formula is C12H18N2S. The van der Waals surface area contributed by atoms with Gasteiger partial charge in [0.2, 0.25) is 0 Å². The van der Waals surface area contributed by atoms with Crippen LogP contribution < -0.4 is 5.32 Å². The quantitative estimate of drug-likeness (QED) is 0.850. The first-order chi connectivity index (χ1) is 7.33. The Kier molecular flexibility index (Phi) is 2.53. The zero-order valence-electron chi connectivity index (χ0n) is 9.25. The molecule has 1 aromatic rings. The molecule has 1 aliphatic carbocycles. The molecule has 2 aliphatic rings. The Morgan fingerprint density at radius 2 is 2.27 bits per heavy atom. The minimum atomic E-state index is 0.816. The highest BCUT2D eigenvalue weighted by atomic mass is 32.1. The summed E-state index contributed by atoms with van der Waals surface area (Å²) in [6.07, 6.45) is 5.27. The molecule has 0 bridgehead atoms. The molecule has 1 unspecified atom stereocenters. The highest BCUT2D eigenvalue weighted by Crippen LogP contribution is 2.42. The van der Waals surface area contributed by atoms with E-state index in [2.05, 4.69) is 12.2 Å². The molecule has 3 heteroatoms. The van der Waals surface area contributed by atoms with E-state index in [1.807, 2.05) is 11.3 Å². The van der Waals surface area contributed by atoms with Gasteiger partial charge in [-0.2, -0.15) is 0 Å². The van der Waals surface area contributed by atoms with E-state index in [9.17, 15) is 0 Å². The molecule has 0 amide bonds. The van der Waals surface area contributed by atoms with Gasteiger partial charge in [-0.1, -0.05) is 0 Å². The van der Waals surface area contributed by atoms with Gasteiger partial charge in [0, 0.05) is 17.2 Å². The fraction of sp³-hybridized carbons (Fsp3) is 0.750. The topological polar surface area (TPSA) is 24.9 Å². The molecule has 0 spiro atoms. The van der Waals surface area contributed by atoms with E-state index in [1.54, 1.807) is 0 Å². The number of thiazole rings is 1. The van der Waals surface area contributed by atoms with E-state index < -0.39 is 0 Å². The summed E-state index contributed by atoms with van der Waals surface area (Å²) in [7, 11) is 0. The Labute approximate surface area is 95.1 Å². The molecule has 3 rings (SSSR count). The zero-order valence-corrected chi connectivity index (χ0v) is 10.1. The average Bonchev–Trinajstić information content (AvgIpc) is 2.81. The Bertz CT molecular complexity index is 349. The van der Waals surface area contributed by atoms with E-state index in [0.717, 1.165) is 11.8 Å². The van der Waals surface area contributed by atoms with Crippen LogP contribution >= 0.6 is 11.3 Å². The van der Waals surface area contributed by atoms with Crippen molar-refractivity contribution in [1.29, 1.82) is 0 Å². The SMILES string of the molecule is Cc1sc(CC2CCNC2)nc1C1CC1. The molecule has 0 aromatic carbocycles. The average molecular weight is 222 g/mol. The van der Waals surface area contributed by atoms with Crippen molar-refractivity contribution in [2.45, 2.75) is 38.5 Å². The summed E-state index contributed by atoms with van der Waals surface area (Å²) in [5.41, 5.74) is 1.42. The third kappa shape index (κ3) is 2.08. The molecular weight excluding hydrogens is 204 g/mol. The van der Waals surface area contributed by atoms with Gasteiger partial charge in [0.25, 0.3) is 0 Å². The van der Waals surface area contributed by atoms with Crippen molar-refractivity contribution < 1.29 is 0 Å². The summed E-state index contributed by atoms with van der Waals surface area (Å²) in [6.45, 7) is 4.63. The Morgan fingerprint density at radius 1 is 1.40 bits per heavy atom. The lowest BCUT2D eigenvalue weighted by Gasteiger charge is -2.03. The van der Waals surface area contributed by atoms with E-state index >= 15 is 0 Å². The van der Waals surface area contributed by atoms with Gasteiger partial charge in [-0.15, -0.1) is 11.3 Å². The van der Waals surface area contributed by atoms with Crippen LogP contribution in [-0.4, -0.2) is 18.1 Å². The third-order valence-electron chi connectivity index (χ3n) is 3.47. The van der Waals surface area contributed by atoms with Crippen molar-refractivity contribution >= 4 is 11.3 Å². The van der Waals surface area contributed by atoms with Crippen LogP contribution in [0.4, 0.5) is 0 Å². The van der Waals surface area contributed by atoms with Gasteiger partial charge in [-0.05, 0) is 45.2 Å². The zero-order chi connectivity index (χ0) is 10.3. The second-order valence-corrected chi connectivity index (χ2v) is 6.17. The normalized spacial score (nSPS) is 26.1. The fourth-order valence-electron chi connectivity index (χ4n) is 2.42. The molecule has 0 radical (unpaired) electrons. The maximum atomic E-state index is 4.83. The summed E-state index contributed by atoms with van der Waals surface area (Å²) in [5, 5.41) is 4.80. The Morgan fingerprint density at radius 3 is 2.93 bits per heavy atom. The summed E-state index contributed by atoms with van der Waals surface area (Å²) >= 11 is 1.93. The highest BCUT2D eigenvalue weighted by Gasteiger charge is 2.28. The number of aryl methyl sites for hydroxylation is 1. The lowest BCUT2D eigenvalue weighted by atomic mass is 10.1. The van der Waals surface area contributed by atoms with Gasteiger partial charge in [-0.3, -0.25) is 0 Å². The van der Waals surface area contributed by atoms with Crippen LogP contribution in [0.2, 0.25) is 0 Å². The van der Waals surface area contributed by atoms with Gasteiger partial charge in [-0.25, -0.2) is 4.98 Å². The highest BCUT2D eigenvalue weighted by molar-refractivity contribution is 7.11. The molecule has 2 heterocycles. The predicted molar refractivity (Wildman–Crippen MR) is 63.5 cm³/mol. The summed E-state index contributed by atoms with van der Waals surface area (Å²) < 4.78 is 0. The number of hydrogen-bond donors (Lipinski definition) is 1. The number of rotatable bonds is 3.